The van der Waals surface area contributed by atoms with Crippen LogP contribution in [0.25, 0.3) is 0 Å². The summed E-state index contributed by atoms with van der Waals surface area (Å²) in [7, 11) is 0. The van der Waals surface area contributed by atoms with Gasteiger partial charge in [-0.3, -0.25) is 4.98 Å². The molecule has 0 saturated carbocycles. The van der Waals surface area contributed by atoms with Crippen LogP contribution in [0.1, 0.15) is 37.9 Å². The highest BCUT2D eigenvalue weighted by Crippen LogP contribution is 2.26. The van der Waals surface area contributed by atoms with Gasteiger partial charge in [0.2, 0.25) is 0 Å². The minimum absolute atomic E-state index is 0.451. The fourth-order valence-corrected chi connectivity index (χ4v) is 2.11. The predicted octanol–water partition coefficient (Wildman–Crippen LogP) is 4.22. The molecule has 0 unspecified atom stereocenters. The molecule has 0 bridgehead atoms. The number of rotatable bonds is 6. The van der Waals surface area contributed by atoms with E-state index in [4.69, 9.17) is 4.74 Å². The van der Waals surface area contributed by atoms with E-state index in [1.807, 2.05) is 36.5 Å². The summed E-state index contributed by atoms with van der Waals surface area (Å²) in [6.07, 6.45) is 1.81. The van der Waals surface area contributed by atoms with Crippen molar-refractivity contribution in [2.45, 2.75) is 33.3 Å². The van der Waals surface area contributed by atoms with Crippen molar-refractivity contribution in [3.8, 4) is 5.75 Å². The van der Waals surface area contributed by atoms with Crippen LogP contribution in [-0.2, 0) is 6.61 Å². The largest absolute Gasteiger partial charge is 0.487 e. The molecule has 0 amide bonds. The Balaban J connectivity index is 2.07. The van der Waals surface area contributed by atoms with Gasteiger partial charge in [-0.05, 0) is 36.6 Å². The Morgan fingerprint density at radius 3 is 2.75 bits per heavy atom. The maximum atomic E-state index is 5.93. The van der Waals surface area contributed by atoms with Crippen molar-refractivity contribution >= 4 is 5.69 Å². The van der Waals surface area contributed by atoms with Crippen molar-refractivity contribution in [2.75, 3.05) is 11.9 Å². The zero-order valence-corrected chi connectivity index (χ0v) is 12.4. The number of nitrogens with one attached hydrogen (secondary N) is 1. The van der Waals surface area contributed by atoms with E-state index in [2.05, 4.69) is 37.1 Å². The molecular formula is C17H22N2O. The molecule has 0 aliphatic heterocycles. The van der Waals surface area contributed by atoms with Gasteiger partial charge in [-0.1, -0.05) is 32.0 Å². The fraction of sp³-hybridized carbons (Fsp3) is 0.353. The van der Waals surface area contributed by atoms with Gasteiger partial charge in [0.1, 0.15) is 12.4 Å². The minimum atomic E-state index is 0.451. The monoisotopic (exact) mass is 270 g/mol. The Kier molecular flexibility index (Phi) is 4.99. The lowest BCUT2D eigenvalue weighted by molar-refractivity contribution is 0.297. The molecule has 0 atom stereocenters. The fourth-order valence-electron chi connectivity index (χ4n) is 2.11. The van der Waals surface area contributed by atoms with Gasteiger partial charge in [0.15, 0.2) is 0 Å². The Morgan fingerprint density at radius 1 is 1.20 bits per heavy atom. The highest BCUT2D eigenvalue weighted by atomic mass is 16.5. The Hall–Kier alpha value is -2.03. The molecule has 1 N–H and O–H groups in total. The number of aromatic nitrogens is 1. The molecule has 0 fully saturated rings. The third kappa shape index (κ3) is 3.73. The van der Waals surface area contributed by atoms with Crippen LogP contribution in [0.5, 0.6) is 5.75 Å². The number of anilines is 1. The van der Waals surface area contributed by atoms with E-state index in [1.54, 1.807) is 0 Å². The van der Waals surface area contributed by atoms with Crippen LogP contribution >= 0.6 is 0 Å². The van der Waals surface area contributed by atoms with Crippen molar-refractivity contribution in [3.05, 3.63) is 53.9 Å². The second-order valence-electron chi connectivity index (χ2n) is 5.05. The summed E-state index contributed by atoms with van der Waals surface area (Å²) in [5, 5.41) is 3.28. The molecule has 3 heteroatoms. The summed E-state index contributed by atoms with van der Waals surface area (Å²) in [6.45, 7) is 7.82. The van der Waals surface area contributed by atoms with E-state index in [9.17, 15) is 0 Å². The van der Waals surface area contributed by atoms with Gasteiger partial charge < -0.3 is 10.1 Å². The number of benzene rings is 1. The third-order valence-corrected chi connectivity index (χ3v) is 3.11. The maximum absolute atomic E-state index is 5.93. The lowest BCUT2D eigenvalue weighted by atomic mass is 10.0. The van der Waals surface area contributed by atoms with Crippen LogP contribution in [0.3, 0.4) is 0 Å². The first kappa shape index (κ1) is 14.4. The molecule has 0 aliphatic rings. The van der Waals surface area contributed by atoms with Crippen LogP contribution < -0.4 is 10.1 Å². The minimum Gasteiger partial charge on any atom is -0.487 e. The molecule has 3 nitrogen and oxygen atoms in total. The first-order valence-corrected chi connectivity index (χ1v) is 7.11. The number of pyridine rings is 1. The summed E-state index contributed by atoms with van der Waals surface area (Å²) < 4.78 is 5.93. The third-order valence-electron chi connectivity index (χ3n) is 3.11. The molecule has 0 radical (unpaired) electrons. The van der Waals surface area contributed by atoms with Crippen LogP contribution in [0.2, 0.25) is 0 Å². The second kappa shape index (κ2) is 6.94. The first-order valence-electron chi connectivity index (χ1n) is 7.11. The SMILES string of the molecule is CCNc1ccnc(COc2ccccc2C(C)C)c1. The first-order chi connectivity index (χ1) is 9.70. The molecule has 2 rings (SSSR count). The molecule has 20 heavy (non-hydrogen) atoms. The Bertz CT molecular complexity index is 552. The maximum Gasteiger partial charge on any atom is 0.130 e. The van der Waals surface area contributed by atoms with Crippen molar-refractivity contribution in [1.29, 1.82) is 0 Å². The zero-order chi connectivity index (χ0) is 14.4. The van der Waals surface area contributed by atoms with E-state index in [0.717, 1.165) is 23.7 Å². The summed E-state index contributed by atoms with van der Waals surface area (Å²) in [5.41, 5.74) is 3.25. The molecule has 1 aromatic carbocycles. The van der Waals surface area contributed by atoms with Crippen LogP contribution in [0.4, 0.5) is 5.69 Å². The summed E-state index contributed by atoms with van der Waals surface area (Å²) in [4.78, 5) is 4.35. The summed E-state index contributed by atoms with van der Waals surface area (Å²) >= 11 is 0. The standard InChI is InChI=1S/C17H22N2O/c1-4-18-14-9-10-19-15(11-14)12-20-17-8-6-5-7-16(17)13(2)3/h5-11,13H,4,12H2,1-3H3,(H,18,19). The van der Waals surface area contributed by atoms with Gasteiger partial charge in [-0.15, -0.1) is 0 Å². The van der Waals surface area contributed by atoms with Gasteiger partial charge in [-0.2, -0.15) is 0 Å². The lowest BCUT2D eigenvalue weighted by Gasteiger charge is -2.14. The van der Waals surface area contributed by atoms with Crippen LogP contribution in [-0.4, -0.2) is 11.5 Å². The molecule has 0 aliphatic carbocycles. The molecule has 0 spiro atoms. The van der Waals surface area contributed by atoms with Crippen molar-refractivity contribution in [3.63, 3.8) is 0 Å². The quantitative estimate of drug-likeness (QED) is 0.853. The van der Waals surface area contributed by atoms with Crippen LogP contribution in [0, 0.1) is 0 Å². The molecule has 106 valence electrons. The normalized spacial score (nSPS) is 10.6. The molecular weight excluding hydrogens is 248 g/mol. The van der Waals surface area contributed by atoms with E-state index in [-0.39, 0.29) is 0 Å². The van der Waals surface area contributed by atoms with Gasteiger partial charge in [0.25, 0.3) is 0 Å². The van der Waals surface area contributed by atoms with Gasteiger partial charge in [0, 0.05) is 18.4 Å². The number of hydrogen-bond acceptors (Lipinski definition) is 3. The average molecular weight is 270 g/mol. The van der Waals surface area contributed by atoms with Crippen LogP contribution in [0.15, 0.2) is 42.6 Å². The Morgan fingerprint density at radius 2 is 2.00 bits per heavy atom. The molecule has 1 aromatic heterocycles. The van der Waals surface area contributed by atoms with E-state index in [1.165, 1.54) is 5.56 Å². The molecule has 2 aromatic rings. The van der Waals surface area contributed by atoms with E-state index in [0.29, 0.717) is 12.5 Å². The average Bonchev–Trinajstić information content (AvgIpc) is 2.46. The highest BCUT2D eigenvalue weighted by Gasteiger charge is 2.07. The van der Waals surface area contributed by atoms with E-state index < -0.39 is 0 Å². The number of para-hydroxylation sites is 1. The van der Waals surface area contributed by atoms with Gasteiger partial charge >= 0.3 is 0 Å². The van der Waals surface area contributed by atoms with Crippen molar-refractivity contribution in [1.82, 2.24) is 4.98 Å². The highest BCUT2D eigenvalue weighted by molar-refractivity contribution is 5.43. The summed E-state index contributed by atoms with van der Waals surface area (Å²) in [6, 6.07) is 12.2. The topological polar surface area (TPSA) is 34.2 Å². The summed E-state index contributed by atoms with van der Waals surface area (Å²) in [5.74, 6) is 1.39. The Labute approximate surface area is 121 Å². The number of nitrogens with zero attached hydrogens (tertiary/aromatic N) is 1. The smallest absolute Gasteiger partial charge is 0.130 e. The second-order valence-corrected chi connectivity index (χ2v) is 5.05. The van der Waals surface area contributed by atoms with Crippen molar-refractivity contribution in [2.24, 2.45) is 0 Å². The number of ether oxygens (including phenoxy) is 1. The van der Waals surface area contributed by atoms with Crippen molar-refractivity contribution < 1.29 is 4.74 Å². The van der Waals surface area contributed by atoms with Gasteiger partial charge in [-0.25, -0.2) is 0 Å². The predicted molar refractivity (Wildman–Crippen MR) is 83.3 cm³/mol. The van der Waals surface area contributed by atoms with Gasteiger partial charge in [0.05, 0.1) is 5.69 Å². The lowest BCUT2D eigenvalue weighted by Crippen LogP contribution is -2.03. The molecule has 1 heterocycles. The molecule has 0 saturated heterocycles. The number of hydrogen-bond donors (Lipinski definition) is 1. The zero-order valence-electron chi connectivity index (χ0n) is 12.4. The van der Waals surface area contributed by atoms with E-state index >= 15 is 0 Å².